The number of halogens is 1. The van der Waals surface area contributed by atoms with Crippen LogP contribution in [-0.4, -0.2) is 58.3 Å². The second-order valence-corrected chi connectivity index (χ2v) is 7.42. The fourth-order valence-electron chi connectivity index (χ4n) is 3.02. The van der Waals surface area contributed by atoms with Gasteiger partial charge in [0.15, 0.2) is 22.1 Å². The highest BCUT2D eigenvalue weighted by Crippen LogP contribution is 2.29. The van der Waals surface area contributed by atoms with Crippen LogP contribution in [0.2, 0.25) is 0 Å². The summed E-state index contributed by atoms with van der Waals surface area (Å²) < 4.78 is 7.17. The average molecular weight is 498 g/mol. The maximum absolute atomic E-state index is 5.22. The van der Waals surface area contributed by atoms with Crippen molar-refractivity contribution in [3.63, 3.8) is 0 Å². The summed E-state index contributed by atoms with van der Waals surface area (Å²) in [5, 5.41) is 0.779. The summed E-state index contributed by atoms with van der Waals surface area (Å²) in [7, 11) is 5.77. The Balaban J connectivity index is 0.00000210. The number of methoxy groups -OCH3 is 1. The summed E-state index contributed by atoms with van der Waals surface area (Å²) in [6, 6.07) is 8.11. The Morgan fingerprint density at radius 2 is 1.89 bits per heavy atom. The van der Waals surface area contributed by atoms with Gasteiger partial charge < -0.3 is 14.2 Å². The van der Waals surface area contributed by atoms with Crippen molar-refractivity contribution in [3.8, 4) is 5.75 Å². The topological polar surface area (TPSA) is 59.3 Å². The van der Waals surface area contributed by atoms with E-state index in [1.165, 1.54) is 5.56 Å². The van der Waals surface area contributed by atoms with Crippen LogP contribution in [0.5, 0.6) is 5.75 Å². The van der Waals surface area contributed by atoms with Crippen molar-refractivity contribution in [1.82, 2.24) is 24.4 Å². The summed E-state index contributed by atoms with van der Waals surface area (Å²) in [4.78, 5) is 18.6. The van der Waals surface area contributed by atoms with Gasteiger partial charge >= 0.3 is 0 Å². The number of hydrogen-bond donors (Lipinski definition) is 0. The van der Waals surface area contributed by atoms with Crippen molar-refractivity contribution in [2.45, 2.75) is 10.9 Å². The lowest BCUT2D eigenvalue weighted by Gasteiger charge is -2.17. The number of fused-ring (bicyclic) bond motifs is 1. The van der Waals surface area contributed by atoms with Gasteiger partial charge in [0.25, 0.3) is 0 Å². The smallest absolute Gasteiger partial charge is 0.191 e. The van der Waals surface area contributed by atoms with Gasteiger partial charge in [0.05, 0.1) is 20.1 Å². The number of rotatable bonds is 5. The highest BCUT2D eigenvalue weighted by molar-refractivity contribution is 14.0. The Morgan fingerprint density at radius 1 is 1.11 bits per heavy atom. The Kier molecular flexibility index (Phi) is 6.43. The van der Waals surface area contributed by atoms with Gasteiger partial charge in [-0.15, -0.1) is 24.0 Å². The number of imidazole rings is 1. The third-order valence-electron chi connectivity index (χ3n) is 4.51. The SMILES string of the molecule is COc1ccc(CSc2nc(N3CCN(C)C3)c3ncn(C)c3n2)cc1.I. The molecule has 3 aromatic rings. The number of aryl methyl sites for hydroxylation is 1. The molecule has 1 aromatic carbocycles. The Labute approximate surface area is 180 Å². The number of nitrogens with zero attached hydrogens (tertiary/aromatic N) is 6. The summed E-state index contributed by atoms with van der Waals surface area (Å²) in [6.07, 6.45) is 1.81. The molecular weight excluding hydrogens is 475 g/mol. The normalized spacial score (nSPS) is 14.6. The van der Waals surface area contributed by atoms with E-state index in [2.05, 4.69) is 34.0 Å². The van der Waals surface area contributed by atoms with Gasteiger partial charge in [0.2, 0.25) is 0 Å². The molecule has 1 aliphatic heterocycles. The third-order valence-corrected chi connectivity index (χ3v) is 5.43. The van der Waals surface area contributed by atoms with Crippen LogP contribution in [0.1, 0.15) is 5.56 Å². The first-order valence-corrected chi connectivity index (χ1v) is 9.51. The van der Waals surface area contributed by atoms with Crippen LogP contribution < -0.4 is 9.64 Å². The Morgan fingerprint density at radius 3 is 2.56 bits per heavy atom. The molecule has 1 saturated heterocycles. The van der Waals surface area contributed by atoms with Gasteiger partial charge in [-0.1, -0.05) is 23.9 Å². The molecule has 0 saturated carbocycles. The summed E-state index contributed by atoms with van der Waals surface area (Å²) in [6.45, 7) is 2.86. The molecule has 7 nitrogen and oxygen atoms in total. The minimum absolute atomic E-state index is 0. The standard InChI is InChI=1S/C18H22N6OS.HI/c1-22-8-9-24(12-22)17-15-16(23(2)11-19-15)20-18(21-17)26-10-13-4-6-14(25-3)7-5-13;/h4-7,11H,8-10,12H2,1-3H3;1H. The zero-order valence-electron chi connectivity index (χ0n) is 15.6. The molecule has 0 amide bonds. The fraction of sp³-hybridized carbons (Fsp3) is 0.389. The number of aromatic nitrogens is 4. The van der Waals surface area contributed by atoms with E-state index in [1.807, 2.05) is 23.7 Å². The minimum atomic E-state index is 0. The van der Waals surface area contributed by atoms with Gasteiger partial charge in [-0.05, 0) is 24.7 Å². The van der Waals surface area contributed by atoms with Crippen molar-refractivity contribution in [2.24, 2.45) is 7.05 Å². The predicted molar refractivity (Wildman–Crippen MR) is 119 cm³/mol. The Bertz CT molecular complexity index is 916. The minimum Gasteiger partial charge on any atom is -0.497 e. The number of benzene rings is 1. The van der Waals surface area contributed by atoms with Crippen LogP contribution in [0.3, 0.4) is 0 Å². The van der Waals surface area contributed by atoms with Crippen LogP contribution in [0.4, 0.5) is 5.82 Å². The van der Waals surface area contributed by atoms with E-state index in [0.717, 1.165) is 53.4 Å². The molecule has 0 spiro atoms. The molecule has 144 valence electrons. The lowest BCUT2D eigenvalue weighted by molar-refractivity contribution is 0.414. The molecular formula is C18H23IN6OS. The number of anilines is 1. The number of likely N-dealkylation sites (N-methyl/N-ethyl adjacent to an activating group) is 1. The molecule has 27 heavy (non-hydrogen) atoms. The van der Waals surface area contributed by atoms with E-state index in [4.69, 9.17) is 14.7 Å². The van der Waals surface area contributed by atoms with Gasteiger partial charge in [-0.25, -0.2) is 15.0 Å². The van der Waals surface area contributed by atoms with Crippen molar-refractivity contribution < 1.29 is 4.74 Å². The van der Waals surface area contributed by atoms with Gasteiger partial charge in [-0.3, -0.25) is 4.90 Å². The molecule has 1 fully saturated rings. The largest absolute Gasteiger partial charge is 0.497 e. The van der Waals surface area contributed by atoms with Crippen molar-refractivity contribution in [3.05, 3.63) is 36.2 Å². The van der Waals surface area contributed by atoms with E-state index in [0.29, 0.717) is 0 Å². The van der Waals surface area contributed by atoms with Crippen LogP contribution in [0.25, 0.3) is 11.2 Å². The van der Waals surface area contributed by atoms with E-state index in [9.17, 15) is 0 Å². The van der Waals surface area contributed by atoms with E-state index < -0.39 is 0 Å². The fourth-order valence-corrected chi connectivity index (χ4v) is 3.81. The highest BCUT2D eigenvalue weighted by Gasteiger charge is 2.23. The van der Waals surface area contributed by atoms with Crippen molar-refractivity contribution >= 4 is 52.7 Å². The predicted octanol–water partition coefficient (Wildman–Crippen LogP) is 2.99. The second kappa shape index (κ2) is 8.61. The zero-order valence-corrected chi connectivity index (χ0v) is 18.8. The van der Waals surface area contributed by atoms with Crippen LogP contribution >= 0.6 is 35.7 Å². The molecule has 0 aliphatic carbocycles. The molecule has 0 radical (unpaired) electrons. The van der Waals surface area contributed by atoms with Gasteiger partial charge in [0, 0.05) is 25.9 Å². The maximum atomic E-state index is 5.22. The first kappa shape index (κ1) is 20.2. The highest BCUT2D eigenvalue weighted by atomic mass is 127. The molecule has 3 heterocycles. The van der Waals surface area contributed by atoms with Crippen LogP contribution in [0, 0.1) is 0 Å². The van der Waals surface area contributed by atoms with E-state index in [-0.39, 0.29) is 24.0 Å². The zero-order chi connectivity index (χ0) is 18.1. The van der Waals surface area contributed by atoms with Crippen LogP contribution in [0.15, 0.2) is 35.7 Å². The monoisotopic (exact) mass is 498 g/mol. The molecule has 0 bridgehead atoms. The molecule has 9 heteroatoms. The summed E-state index contributed by atoms with van der Waals surface area (Å²) in [5.41, 5.74) is 2.96. The maximum Gasteiger partial charge on any atom is 0.191 e. The molecule has 0 unspecified atom stereocenters. The van der Waals surface area contributed by atoms with Gasteiger partial charge in [0.1, 0.15) is 5.75 Å². The lowest BCUT2D eigenvalue weighted by atomic mass is 10.2. The molecule has 1 aliphatic rings. The first-order chi connectivity index (χ1) is 12.6. The van der Waals surface area contributed by atoms with Crippen molar-refractivity contribution in [1.29, 1.82) is 0 Å². The molecule has 2 aromatic heterocycles. The van der Waals surface area contributed by atoms with Crippen LogP contribution in [-0.2, 0) is 12.8 Å². The van der Waals surface area contributed by atoms with E-state index in [1.54, 1.807) is 25.2 Å². The number of thioether (sulfide) groups is 1. The van der Waals surface area contributed by atoms with E-state index >= 15 is 0 Å². The lowest BCUT2D eigenvalue weighted by Crippen LogP contribution is -2.24. The second-order valence-electron chi connectivity index (χ2n) is 6.48. The Hall–Kier alpha value is -1.59. The number of hydrogen-bond acceptors (Lipinski definition) is 7. The average Bonchev–Trinajstić information content (AvgIpc) is 3.26. The summed E-state index contributed by atoms with van der Waals surface area (Å²) >= 11 is 1.64. The first-order valence-electron chi connectivity index (χ1n) is 8.52. The quantitative estimate of drug-likeness (QED) is 0.305. The molecule has 0 N–H and O–H groups in total. The number of ether oxygens (including phenoxy) is 1. The van der Waals surface area contributed by atoms with Gasteiger partial charge in [-0.2, -0.15) is 0 Å². The molecule has 4 rings (SSSR count). The van der Waals surface area contributed by atoms with Crippen molar-refractivity contribution in [2.75, 3.05) is 38.8 Å². The third kappa shape index (κ3) is 4.30. The summed E-state index contributed by atoms with van der Waals surface area (Å²) in [5.74, 6) is 2.61. The molecule has 0 atom stereocenters.